The van der Waals surface area contributed by atoms with E-state index in [9.17, 15) is 19.7 Å². The monoisotopic (exact) mass is 489 g/mol. The van der Waals surface area contributed by atoms with Crippen LogP contribution in [0.3, 0.4) is 0 Å². The molecule has 10 heteroatoms. The molecular formula is C25H19N3O6S. The summed E-state index contributed by atoms with van der Waals surface area (Å²) in [5.74, 6) is -0.750. The highest BCUT2D eigenvalue weighted by Gasteiger charge is 2.17. The highest BCUT2D eigenvalue weighted by Crippen LogP contribution is 2.26. The van der Waals surface area contributed by atoms with Crippen LogP contribution in [0.1, 0.15) is 17.3 Å². The van der Waals surface area contributed by atoms with E-state index in [1.807, 2.05) is 37.3 Å². The number of benzene rings is 3. The van der Waals surface area contributed by atoms with Gasteiger partial charge in [0.05, 0.1) is 21.7 Å². The van der Waals surface area contributed by atoms with E-state index < -0.39 is 16.5 Å². The first-order chi connectivity index (χ1) is 17.0. The van der Waals surface area contributed by atoms with Crippen molar-refractivity contribution in [3.63, 3.8) is 0 Å². The van der Waals surface area contributed by atoms with E-state index in [1.54, 1.807) is 16.7 Å². The van der Waals surface area contributed by atoms with Crippen LogP contribution in [0.4, 0.5) is 5.69 Å². The average Bonchev–Trinajstić information content (AvgIpc) is 3.19. The van der Waals surface area contributed by atoms with Crippen molar-refractivity contribution in [2.24, 2.45) is 4.99 Å². The lowest BCUT2D eigenvalue weighted by molar-refractivity contribution is -0.384. The van der Waals surface area contributed by atoms with Crippen molar-refractivity contribution in [3.05, 3.63) is 91.6 Å². The number of carbonyl (C=O) groups is 1. The number of thiazole rings is 1. The number of nitro groups is 1. The van der Waals surface area contributed by atoms with E-state index in [0.717, 1.165) is 22.1 Å². The molecule has 0 saturated heterocycles. The van der Waals surface area contributed by atoms with Gasteiger partial charge < -0.3 is 13.7 Å². The largest absolute Gasteiger partial charge is 0.422 e. The molecule has 0 N–H and O–H groups in total. The Labute approximate surface area is 201 Å². The number of rotatable bonds is 6. The highest BCUT2D eigenvalue weighted by molar-refractivity contribution is 7.16. The predicted octanol–water partition coefficient (Wildman–Crippen LogP) is 4.65. The number of nitrogens with zero attached hydrogens (tertiary/aromatic N) is 3. The molecule has 0 unspecified atom stereocenters. The molecule has 0 aliphatic carbocycles. The zero-order valence-electron chi connectivity index (χ0n) is 18.6. The average molecular weight is 490 g/mol. The first-order valence-corrected chi connectivity index (χ1v) is 11.7. The minimum absolute atomic E-state index is 0.0596. The van der Waals surface area contributed by atoms with Crippen LogP contribution in [-0.2, 0) is 11.3 Å². The standard InChI is InChI=1S/C25H19N3O6S/c1-2-33-12-11-27-20-9-8-16(28(31)32)13-22(20)35-25(27)26-23(29)19-14-18-17-6-4-3-5-15(17)7-10-21(18)34-24(19)30/h3-10,13-14H,2,11-12H2,1H3. The summed E-state index contributed by atoms with van der Waals surface area (Å²) in [7, 11) is 0. The van der Waals surface area contributed by atoms with Gasteiger partial charge in [0.25, 0.3) is 11.6 Å². The molecule has 0 radical (unpaired) electrons. The topological polar surface area (TPSA) is 117 Å². The lowest BCUT2D eigenvalue weighted by Crippen LogP contribution is -2.21. The van der Waals surface area contributed by atoms with Gasteiger partial charge in [-0.05, 0) is 35.9 Å². The molecule has 0 bridgehead atoms. The first-order valence-electron chi connectivity index (χ1n) is 10.9. The smallest absolute Gasteiger partial charge is 0.349 e. The number of fused-ring (bicyclic) bond motifs is 4. The van der Waals surface area contributed by atoms with Gasteiger partial charge >= 0.3 is 5.63 Å². The van der Waals surface area contributed by atoms with Gasteiger partial charge in [-0.25, -0.2) is 4.79 Å². The Balaban J connectivity index is 1.66. The molecule has 5 rings (SSSR count). The van der Waals surface area contributed by atoms with Crippen molar-refractivity contribution in [2.75, 3.05) is 13.2 Å². The highest BCUT2D eigenvalue weighted by atomic mass is 32.1. The molecule has 1 amide bonds. The summed E-state index contributed by atoms with van der Waals surface area (Å²) in [5, 5.41) is 13.6. The Kier molecular flexibility index (Phi) is 5.98. The lowest BCUT2D eigenvalue weighted by Gasteiger charge is -2.06. The molecule has 0 fully saturated rings. The maximum Gasteiger partial charge on any atom is 0.349 e. The summed E-state index contributed by atoms with van der Waals surface area (Å²) in [5.41, 5.74) is 0.0398. The summed E-state index contributed by atoms with van der Waals surface area (Å²) in [4.78, 5) is 41.1. The maximum absolute atomic E-state index is 13.2. The Morgan fingerprint density at radius 2 is 1.97 bits per heavy atom. The number of nitro benzene ring substituents is 1. The molecule has 176 valence electrons. The first kappa shape index (κ1) is 22.6. The van der Waals surface area contributed by atoms with Crippen molar-refractivity contribution in [1.82, 2.24) is 4.57 Å². The molecular weight excluding hydrogens is 470 g/mol. The number of non-ortho nitro benzene ring substituents is 1. The summed E-state index contributed by atoms with van der Waals surface area (Å²) in [6.45, 7) is 3.14. The van der Waals surface area contributed by atoms with Crippen LogP contribution < -0.4 is 10.4 Å². The minimum Gasteiger partial charge on any atom is -0.422 e. The number of carbonyl (C=O) groups excluding carboxylic acids is 1. The van der Waals surface area contributed by atoms with E-state index in [4.69, 9.17) is 9.15 Å². The van der Waals surface area contributed by atoms with E-state index >= 15 is 0 Å². The van der Waals surface area contributed by atoms with Crippen LogP contribution in [0.25, 0.3) is 32.0 Å². The third kappa shape index (κ3) is 4.25. The van der Waals surface area contributed by atoms with Gasteiger partial charge in [-0.2, -0.15) is 4.99 Å². The molecule has 5 aromatic rings. The van der Waals surface area contributed by atoms with Crippen molar-refractivity contribution in [2.45, 2.75) is 13.5 Å². The fourth-order valence-corrected chi connectivity index (χ4v) is 5.03. The molecule has 0 saturated carbocycles. The number of ether oxygens (including phenoxy) is 1. The molecule has 35 heavy (non-hydrogen) atoms. The van der Waals surface area contributed by atoms with Crippen LogP contribution in [0.5, 0.6) is 0 Å². The van der Waals surface area contributed by atoms with Crippen molar-refractivity contribution < 1.29 is 18.9 Å². The Morgan fingerprint density at radius 3 is 2.77 bits per heavy atom. The molecule has 2 heterocycles. The summed E-state index contributed by atoms with van der Waals surface area (Å²) in [6.07, 6.45) is 0. The van der Waals surface area contributed by atoms with Crippen LogP contribution in [0.2, 0.25) is 0 Å². The Hall–Kier alpha value is -4.15. The van der Waals surface area contributed by atoms with Crippen LogP contribution >= 0.6 is 11.3 Å². The predicted molar refractivity (Wildman–Crippen MR) is 133 cm³/mol. The van der Waals surface area contributed by atoms with Gasteiger partial charge in [0.2, 0.25) is 0 Å². The lowest BCUT2D eigenvalue weighted by atomic mass is 10.0. The van der Waals surface area contributed by atoms with E-state index in [-0.39, 0.29) is 11.3 Å². The van der Waals surface area contributed by atoms with Gasteiger partial charge in [0, 0.05) is 30.7 Å². The second-order valence-electron chi connectivity index (χ2n) is 7.71. The fourth-order valence-electron chi connectivity index (χ4n) is 3.94. The Bertz CT molecular complexity index is 1750. The third-order valence-corrected chi connectivity index (χ3v) is 6.65. The van der Waals surface area contributed by atoms with E-state index in [0.29, 0.717) is 45.7 Å². The fraction of sp³-hybridized carbons (Fsp3) is 0.160. The van der Waals surface area contributed by atoms with Gasteiger partial charge in [0.15, 0.2) is 4.80 Å². The molecule has 0 atom stereocenters. The number of aromatic nitrogens is 1. The molecule has 0 spiro atoms. The second kappa shape index (κ2) is 9.24. The zero-order chi connectivity index (χ0) is 24.5. The van der Waals surface area contributed by atoms with Gasteiger partial charge in [-0.3, -0.25) is 14.9 Å². The van der Waals surface area contributed by atoms with E-state index in [2.05, 4.69) is 4.99 Å². The number of hydrogen-bond acceptors (Lipinski definition) is 7. The van der Waals surface area contributed by atoms with Crippen LogP contribution in [0, 0.1) is 10.1 Å². The van der Waals surface area contributed by atoms with Gasteiger partial charge in [-0.15, -0.1) is 0 Å². The minimum atomic E-state index is -0.779. The SMILES string of the molecule is CCOCCn1c(=NC(=O)c2cc3c(ccc4ccccc43)oc2=O)sc2cc([N+](=O)[O-])ccc21. The van der Waals surface area contributed by atoms with Crippen LogP contribution in [-0.4, -0.2) is 28.6 Å². The summed E-state index contributed by atoms with van der Waals surface area (Å²) >= 11 is 1.13. The number of amides is 1. The van der Waals surface area contributed by atoms with Crippen molar-refractivity contribution in [3.8, 4) is 0 Å². The molecule has 2 aromatic heterocycles. The van der Waals surface area contributed by atoms with Crippen molar-refractivity contribution >= 4 is 54.9 Å². The second-order valence-corrected chi connectivity index (χ2v) is 8.71. The maximum atomic E-state index is 13.2. The van der Waals surface area contributed by atoms with Crippen molar-refractivity contribution in [1.29, 1.82) is 0 Å². The third-order valence-electron chi connectivity index (χ3n) is 5.61. The molecule has 0 aliphatic heterocycles. The summed E-state index contributed by atoms with van der Waals surface area (Å²) < 4.78 is 13.2. The Morgan fingerprint density at radius 1 is 1.14 bits per heavy atom. The zero-order valence-corrected chi connectivity index (χ0v) is 19.4. The van der Waals surface area contributed by atoms with Gasteiger partial charge in [-0.1, -0.05) is 41.7 Å². The van der Waals surface area contributed by atoms with Crippen LogP contribution in [0.15, 0.2) is 74.9 Å². The molecule has 3 aromatic carbocycles. The normalized spacial score (nSPS) is 12.1. The van der Waals surface area contributed by atoms with E-state index in [1.165, 1.54) is 18.2 Å². The van der Waals surface area contributed by atoms with Gasteiger partial charge in [0.1, 0.15) is 11.1 Å². The molecule has 0 aliphatic rings. The quantitative estimate of drug-likeness (QED) is 0.113. The summed E-state index contributed by atoms with van der Waals surface area (Å²) in [6, 6.07) is 17.1. The number of hydrogen-bond donors (Lipinski definition) is 0. The molecule has 9 nitrogen and oxygen atoms in total.